The highest BCUT2D eigenvalue weighted by atomic mass is 32.2. The Morgan fingerprint density at radius 3 is 2.36 bits per heavy atom. The Kier molecular flexibility index (Phi) is 7.46. The summed E-state index contributed by atoms with van der Waals surface area (Å²) in [6.07, 6.45) is 1.02. The zero-order chi connectivity index (χ0) is 16.9. The van der Waals surface area contributed by atoms with E-state index >= 15 is 0 Å². The monoisotopic (exact) mass is 325 g/mol. The molecule has 1 unspecified atom stereocenters. The first-order chi connectivity index (χ1) is 10.2. The van der Waals surface area contributed by atoms with Crippen molar-refractivity contribution in [1.82, 2.24) is 14.9 Å². The number of carbonyl (C=O) groups excluding carboxylic acids is 1. The maximum absolute atomic E-state index is 12.2. The SMILES string of the molecule is Cc1nc(SC(C)C(=O)NCCC(C)C)n(CC(C)C)c1C. The van der Waals surface area contributed by atoms with E-state index in [4.69, 9.17) is 0 Å². The Labute approximate surface area is 139 Å². The van der Waals surface area contributed by atoms with Crippen LogP contribution in [0, 0.1) is 25.7 Å². The van der Waals surface area contributed by atoms with Gasteiger partial charge in [0.05, 0.1) is 10.9 Å². The van der Waals surface area contributed by atoms with Crippen LogP contribution in [0.1, 0.15) is 52.4 Å². The van der Waals surface area contributed by atoms with E-state index in [0.717, 1.165) is 30.4 Å². The number of imidazole rings is 1. The van der Waals surface area contributed by atoms with Crippen molar-refractivity contribution in [2.75, 3.05) is 6.54 Å². The minimum Gasteiger partial charge on any atom is -0.355 e. The van der Waals surface area contributed by atoms with Gasteiger partial charge in [0.1, 0.15) is 0 Å². The normalized spacial score (nSPS) is 13.0. The fourth-order valence-electron chi connectivity index (χ4n) is 2.13. The molecule has 0 aliphatic carbocycles. The van der Waals surface area contributed by atoms with Crippen molar-refractivity contribution in [2.24, 2.45) is 11.8 Å². The van der Waals surface area contributed by atoms with Gasteiger partial charge in [-0.25, -0.2) is 4.98 Å². The number of amides is 1. The number of nitrogens with zero attached hydrogens (tertiary/aromatic N) is 2. The lowest BCUT2D eigenvalue weighted by Gasteiger charge is -2.15. The molecule has 0 spiro atoms. The van der Waals surface area contributed by atoms with E-state index in [-0.39, 0.29) is 11.2 Å². The highest BCUT2D eigenvalue weighted by Gasteiger charge is 2.19. The lowest BCUT2D eigenvalue weighted by molar-refractivity contribution is -0.120. The average Bonchev–Trinajstić information content (AvgIpc) is 2.65. The number of nitrogens with one attached hydrogen (secondary N) is 1. The number of aryl methyl sites for hydroxylation is 1. The summed E-state index contributed by atoms with van der Waals surface area (Å²) in [5.41, 5.74) is 2.25. The van der Waals surface area contributed by atoms with E-state index in [1.807, 2.05) is 13.8 Å². The molecule has 1 aromatic rings. The Bertz CT molecular complexity index is 494. The van der Waals surface area contributed by atoms with Crippen molar-refractivity contribution < 1.29 is 4.79 Å². The number of hydrogen-bond acceptors (Lipinski definition) is 3. The van der Waals surface area contributed by atoms with Crippen molar-refractivity contribution in [2.45, 2.75) is 71.8 Å². The van der Waals surface area contributed by atoms with Crippen molar-refractivity contribution in [3.63, 3.8) is 0 Å². The van der Waals surface area contributed by atoms with Crippen molar-refractivity contribution >= 4 is 17.7 Å². The summed E-state index contributed by atoms with van der Waals surface area (Å²) in [5.74, 6) is 1.26. The number of thioether (sulfide) groups is 1. The van der Waals surface area contributed by atoms with Gasteiger partial charge in [-0.2, -0.15) is 0 Å². The summed E-state index contributed by atoms with van der Waals surface area (Å²) in [5, 5.41) is 3.85. The van der Waals surface area contributed by atoms with Crippen LogP contribution in [-0.2, 0) is 11.3 Å². The van der Waals surface area contributed by atoms with Gasteiger partial charge >= 0.3 is 0 Å². The van der Waals surface area contributed by atoms with E-state index in [1.54, 1.807) is 11.8 Å². The molecule has 126 valence electrons. The van der Waals surface area contributed by atoms with Crippen LogP contribution in [-0.4, -0.2) is 27.3 Å². The maximum Gasteiger partial charge on any atom is 0.233 e. The molecule has 0 saturated heterocycles. The molecule has 5 heteroatoms. The zero-order valence-electron chi connectivity index (χ0n) is 15.1. The van der Waals surface area contributed by atoms with Crippen molar-refractivity contribution in [1.29, 1.82) is 0 Å². The quantitative estimate of drug-likeness (QED) is 0.740. The molecule has 4 nitrogen and oxygen atoms in total. The second-order valence-electron chi connectivity index (χ2n) is 6.80. The van der Waals surface area contributed by atoms with Gasteiger partial charge in [-0.1, -0.05) is 39.5 Å². The molecule has 0 aromatic carbocycles. The molecule has 0 aliphatic heterocycles. The van der Waals surface area contributed by atoms with Crippen LogP contribution in [0.15, 0.2) is 5.16 Å². The van der Waals surface area contributed by atoms with Crippen molar-refractivity contribution in [3.8, 4) is 0 Å². The highest BCUT2D eigenvalue weighted by molar-refractivity contribution is 8.00. The van der Waals surface area contributed by atoms with E-state index in [1.165, 1.54) is 5.69 Å². The summed E-state index contributed by atoms with van der Waals surface area (Å²) >= 11 is 1.55. The maximum atomic E-state index is 12.2. The second-order valence-corrected chi connectivity index (χ2v) is 8.11. The number of rotatable bonds is 8. The minimum atomic E-state index is -0.126. The molecule has 0 aliphatic rings. The third-order valence-corrected chi connectivity index (χ3v) is 4.73. The standard InChI is InChI=1S/C17H31N3OS/c1-11(2)8-9-18-16(21)15(7)22-17-19-13(5)14(6)20(17)10-12(3)4/h11-12,15H,8-10H2,1-7H3,(H,18,21). The van der Waals surface area contributed by atoms with E-state index in [0.29, 0.717) is 11.8 Å². The molecule has 22 heavy (non-hydrogen) atoms. The van der Waals surface area contributed by atoms with Crippen LogP contribution in [0.2, 0.25) is 0 Å². The molecule has 1 heterocycles. The predicted octanol–water partition coefficient (Wildman–Crippen LogP) is 3.80. The smallest absolute Gasteiger partial charge is 0.233 e. The Hall–Kier alpha value is -0.970. The Morgan fingerprint density at radius 1 is 1.18 bits per heavy atom. The molecule has 0 fully saturated rings. The van der Waals surface area contributed by atoms with Gasteiger partial charge in [0, 0.05) is 18.8 Å². The molecule has 0 radical (unpaired) electrons. The van der Waals surface area contributed by atoms with Crippen LogP contribution in [0.4, 0.5) is 0 Å². The molecule has 1 atom stereocenters. The summed E-state index contributed by atoms with van der Waals surface area (Å²) in [6, 6.07) is 0. The first kappa shape index (κ1) is 19.1. The summed E-state index contributed by atoms with van der Waals surface area (Å²) in [7, 11) is 0. The largest absolute Gasteiger partial charge is 0.355 e. The minimum absolute atomic E-state index is 0.0973. The molecular formula is C17H31N3OS. The fourth-order valence-corrected chi connectivity index (χ4v) is 3.17. The van der Waals surface area contributed by atoms with Gasteiger partial charge in [0.15, 0.2) is 5.16 Å². The van der Waals surface area contributed by atoms with Crippen LogP contribution >= 0.6 is 11.8 Å². The fraction of sp³-hybridized carbons (Fsp3) is 0.765. The molecule has 0 bridgehead atoms. The summed E-state index contributed by atoms with van der Waals surface area (Å²) < 4.78 is 2.24. The summed E-state index contributed by atoms with van der Waals surface area (Å²) in [4.78, 5) is 16.8. The van der Waals surface area contributed by atoms with Crippen LogP contribution in [0.5, 0.6) is 0 Å². The lowest BCUT2D eigenvalue weighted by Crippen LogP contribution is -2.32. The molecule has 1 N–H and O–H groups in total. The van der Waals surface area contributed by atoms with E-state index in [9.17, 15) is 4.79 Å². The predicted molar refractivity (Wildman–Crippen MR) is 94.3 cm³/mol. The Morgan fingerprint density at radius 2 is 1.82 bits per heavy atom. The third-order valence-electron chi connectivity index (χ3n) is 3.64. The first-order valence-electron chi connectivity index (χ1n) is 8.20. The molecule has 1 amide bonds. The van der Waals surface area contributed by atoms with Crippen LogP contribution in [0.25, 0.3) is 0 Å². The zero-order valence-corrected chi connectivity index (χ0v) is 15.9. The van der Waals surface area contributed by atoms with Gasteiger partial charge in [-0.05, 0) is 39.0 Å². The van der Waals surface area contributed by atoms with Gasteiger partial charge in [0.2, 0.25) is 5.91 Å². The number of hydrogen-bond donors (Lipinski definition) is 1. The Balaban J connectivity index is 2.69. The van der Waals surface area contributed by atoms with Crippen LogP contribution in [0.3, 0.4) is 0 Å². The lowest BCUT2D eigenvalue weighted by atomic mass is 10.1. The molecule has 1 aromatic heterocycles. The first-order valence-corrected chi connectivity index (χ1v) is 9.08. The number of carbonyl (C=O) groups is 1. The van der Waals surface area contributed by atoms with Gasteiger partial charge < -0.3 is 9.88 Å². The van der Waals surface area contributed by atoms with Gasteiger partial charge in [0.25, 0.3) is 0 Å². The molecule has 0 saturated carbocycles. The van der Waals surface area contributed by atoms with Crippen LogP contribution < -0.4 is 5.32 Å². The van der Waals surface area contributed by atoms with Gasteiger partial charge in [-0.15, -0.1) is 0 Å². The number of aromatic nitrogens is 2. The second kappa shape index (κ2) is 8.61. The van der Waals surface area contributed by atoms with E-state index in [2.05, 4.69) is 49.5 Å². The highest BCUT2D eigenvalue weighted by Crippen LogP contribution is 2.26. The topological polar surface area (TPSA) is 46.9 Å². The molecular weight excluding hydrogens is 294 g/mol. The van der Waals surface area contributed by atoms with Gasteiger partial charge in [-0.3, -0.25) is 4.79 Å². The third kappa shape index (κ3) is 5.67. The summed E-state index contributed by atoms with van der Waals surface area (Å²) in [6.45, 7) is 16.5. The molecule has 1 rings (SSSR count). The van der Waals surface area contributed by atoms with Crippen molar-refractivity contribution in [3.05, 3.63) is 11.4 Å². The van der Waals surface area contributed by atoms with E-state index < -0.39 is 0 Å². The average molecular weight is 326 g/mol.